The summed E-state index contributed by atoms with van der Waals surface area (Å²) in [6.07, 6.45) is 2.20. The van der Waals surface area contributed by atoms with Crippen molar-refractivity contribution in [2.45, 2.75) is 6.42 Å². The molecule has 0 spiro atoms. The van der Waals surface area contributed by atoms with Crippen molar-refractivity contribution in [3.8, 4) is 17.6 Å². The molecular weight excluding hydrogens is 366 g/mol. The van der Waals surface area contributed by atoms with Gasteiger partial charge in [-0.1, -0.05) is 29.5 Å². The van der Waals surface area contributed by atoms with Gasteiger partial charge in [0, 0.05) is 30.8 Å². The number of aromatic amines is 1. The average molecular weight is 382 g/mol. The van der Waals surface area contributed by atoms with E-state index in [9.17, 15) is 4.79 Å². The summed E-state index contributed by atoms with van der Waals surface area (Å²) in [5.74, 6) is 7.44. The fourth-order valence-electron chi connectivity index (χ4n) is 2.68. The van der Waals surface area contributed by atoms with Crippen LogP contribution >= 0.6 is 11.6 Å². The molecule has 3 N–H and O–H groups in total. The minimum atomic E-state index is -0.293. The molecule has 0 aliphatic carbocycles. The van der Waals surface area contributed by atoms with E-state index >= 15 is 0 Å². The Kier molecular flexibility index (Phi) is 4.81. The maximum Gasteiger partial charge on any atom is 0.287 e. The molecule has 2 aromatic heterocycles. The Morgan fingerprint density at radius 2 is 2.33 bits per heavy atom. The molecule has 1 amide bonds. The highest BCUT2D eigenvalue weighted by molar-refractivity contribution is 6.35. The zero-order chi connectivity index (χ0) is 18.6. The summed E-state index contributed by atoms with van der Waals surface area (Å²) in [4.78, 5) is 23.7. The van der Waals surface area contributed by atoms with Crippen molar-refractivity contribution >= 4 is 34.4 Å². The second-order valence-electron chi connectivity index (χ2n) is 5.88. The average Bonchev–Trinajstić information content (AvgIpc) is 3.13. The maximum atomic E-state index is 12.2. The van der Waals surface area contributed by atoms with Crippen LogP contribution in [0.15, 0.2) is 30.5 Å². The van der Waals surface area contributed by atoms with Crippen LogP contribution in [0, 0.1) is 11.8 Å². The molecule has 1 aliphatic rings. The summed E-state index contributed by atoms with van der Waals surface area (Å²) in [6, 6.07) is 7.22. The number of aromatic nitrogens is 3. The van der Waals surface area contributed by atoms with Crippen LogP contribution in [0.5, 0.6) is 5.75 Å². The number of rotatable bonds is 3. The van der Waals surface area contributed by atoms with Crippen molar-refractivity contribution in [1.29, 1.82) is 0 Å². The van der Waals surface area contributed by atoms with Crippen LogP contribution < -0.4 is 15.4 Å². The SMILES string of the molecule is O=C(NCCC#Cc1cnc2c(c1)OCCN2)c1nc2c(Cl)cccc2[nH]1. The molecule has 27 heavy (non-hydrogen) atoms. The minimum absolute atomic E-state index is 0.231. The first-order valence-electron chi connectivity index (χ1n) is 8.49. The largest absolute Gasteiger partial charge is 0.488 e. The van der Waals surface area contributed by atoms with Gasteiger partial charge in [-0.15, -0.1) is 0 Å². The lowest BCUT2D eigenvalue weighted by atomic mass is 10.2. The van der Waals surface area contributed by atoms with Crippen LogP contribution in [0.25, 0.3) is 11.0 Å². The van der Waals surface area contributed by atoms with E-state index in [1.165, 1.54) is 0 Å². The first-order valence-corrected chi connectivity index (χ1v) is 8.86. The number of carbonyl (C=O) groups excluding carboxylic acids is 1. The van der Waals surface area contributed by atoms with E-state index in [0.29, 0.717) is 35.9 Å². The summed E-state index contributed by atoms with van der Waals surface area (Å²) in [5.41, 5.74) is 2.08. The summed E-state index contributed by atoms with van der Waals surface area (Å²) in [6.45, 7) is 1.78. The molecule has 0 unspecified atom stereocenters. The van der Waals surface area contributed by atoms with Crippen molar-refractivity contribution < 1.29 is 9.53 Å². The molecule has 0 fully saturated rings. The van der Waals surface area contributed by atoms with E-state index in [2.05, 4.69) is 37.4 Å². The number of benzene rings is 1. The number of anilines is 1. The number of ether oxygens (including phenoxy) is 1. The number of fused-ring (bicyclic) bond motifs is 2. The normalized spacial score (nSPS) is 12.3. The summed E-state index contributed by atoms with van der Waals surface area (Å²) in [5, 5.41) is 6.45. The Hall–Kier alpha value is -3.24. The lowest BCUT2D eigenvalue weighted by Gasteiger charge is -2.17. The smallest absolute Gasteiger partial charge is 0.287 e. The highest BCUT2D eigenvalue weighted by Gasteiger charge is 2.12. The molecule has 3 aromatic rings. The minimum Gasteiger partial charge on any atom is -0.488 e. The van der Waals surface area contributed by atoms with E-state index < -0.39 is 0 Å². The van der Waals surface area contributed by atoms with Crippen LogP contribution in [0.2, 0.25) is 5.02 Å². The van der Waals surface area contributed by atoms with Gasteiger partial charge < -0.3 is 20.4 Å². The van der Waals surface area contributed by atoms with E-state index in [0.717, 1.165) is 23.4 Å². The Morgan fingerprint density at radius 1 is 1.41 bits per heavy atom. The van der Waals surface area contributed by atoms with Gasteiger partial charge >= 0.3 is 0 Å². The molecule has 3 heterocycles. The Labute approximate surface area is 160 Å². The quantitative estimate of drug-likeness (QED) is 0.479. The van der Waals surface area contributed by atoms with E-state index in [1.807, 2.05) is 12.1 Å². The van der Waals surface area contributed by atoms with Gasteiger partial charge in [-0.2, -0.15) is 0 Å². The molecule has 0 atom stereocenters. The van der Waals surface area contributed by atoms with Crippen molar-refractivity contribution in [2.75, 3.05) is 25.0 Å². The van der Waals surface area contributed by atoms with Crippen LogP contribution in [0.4, 0.5) is 5.82 Å². The standard InChI is InChI=1S/C19H16ClN5O2/c20-13-5-3-6-14-16(13)25-18(24-14)19(26)22-7-2-1-4-12-10-15-17(23-11-12)21-8-9-27-15/h3,5-6,10-11H,2,7-9H2,(H,21,23)(H,22,26)(H,24,25). The first-order chi connectivity index (χ1) is 13.2. The molecule has 0 saturated carbocycles. The topological polar surface area (TPSA) is 91.9 Å². The van der Waals surface area contributed by atoms with Crippen LogP contribution in [-0.2, 0) is 0 Å². The lowest BCUT2D eigenvalue weighted by Crippen LogP contribution is -2.25. The lowest BCUT2D eigenvalue weighted by molar-refractivity contribution is 0.0945. The molecule has 4 rings (SSSR count). The van der Waals surface area contributed by atoms with Gasteiger partial charge in [-0.3, -0.25) is 4.79 Å². The second kappa shape index (κ2) is 7.56. The summed E-state index contributed by atoms with van der Waals surface area (Å²) < 4.78 is 5.54. The van der Waals surface area contributed by atoms with Crippen molar-refractivity contribution in [2.24, 2.45) is 0 Å². The van der Waals surface area contributed by atoms with Crippen molar-refractivity contribution in [3.63, 3.8) is 0 Å². The number of hydrogen-bond donors (Lipinski definition) is 3. The maximum absolute atomic E-state index is 12.2. The van der Waals surface area contributed by atoms with E-state index in [1.54, 1.807) is 18.3 Å². The Balaban J connectivity index is 1.33. The third-order valence-corrected chi connectivity index (χ3v) is 4.26. The molecule has 136 valence electrons. The van der Waals surface area contributed by atoms with E-state index in [-0.39, 0.29) is 11.7 Å². The number of nitrogens with one attached hydrogen (secondary N) is 3. The Morgan fingerprint density at radius 3 is 3.22 bits per heavy atom. The zero-order valence-electron chi connectivity index (χ0n) is 14.3. The highest BCUT2D eigenvalue weighted by atomic mass is 35.5. The van der Waals surface area contributed by atoms with Gasteiger partial charge in [0.1, 0.15) is 12.1 Å². The predicted octanol–water partition coefficient (Wildman–Crippen LogP) is 2.59. The third-order valence-electron chi connectivity index (χ3n) is 3.95. The number of carbonyl (C=O) groups is 1. The molecule has 0 saturated heterocycles. The van der Waals surface area contributed by atoms with Crippen LogP contribution in [-0.4, -0.2) is 40.6 Å². The molecule has 7 nitrogen and oxygen atoms in total. The van der Waals surface area contributed by atoms with Crippen LogP contribution in [0.3, 0.4) is 0 Å². The molecule has 0 bridgehead atoms. The molecule has 0 radical (unpaired) electrons. The molecule has 1 aromatic carbocycles. The third kappa shape index (κ3) is 3.81. The zero-order valence-corrected chi connectivity index (χ0v) is 15.1. The van der Waals surface area contributed by atoms with Crippen molar-refractivity contribution in [3.05, 3.63) is 46.9 Å². The predicted molar refractivity (Wildman–Crippen MR) is 103 cm³/mol. The molecule has 8 heteroatoms. The fourth-order valence-corrected chi connectivity index (χ4v) is 2.89. The first kappa shape index (κ1) is 17.2. The number of H-pyrrole nitrogens is 1. The number of pyridine rings is 1. The number of hydrogen-bond acceptors (Lipinski definition) is 5. The van der Waals surface area contributed by atoms with Gasteiger partial charge in [-0.05, 0) is 12.1 Å². The summed E-state index contributed by atoms with van der Waals surface area (Å²) >= 11 is 6.07. The number of amides is 1. The summed E-state index contributed by atoms with van der Waals surface area (Å²) in [7, 11) is 0. The van der Waals surface area contributed by atoms with Gasteiger partial charge in [-0.25, -0.2) is 9.97 Å². The molecule has 1 aliphatic heterocycles. The second-order valence-corrected chi connectivity index (χ2v) is 6.28. The van der Waals surface area contributed by atoms with Crippen molar-refractivity contribution in [1.82, 2.24) is 20.3 Å². The Bertz CT molecular complexity index is 1070. The number of imidazole rings is 1. The number of halogens is 1. The monoisotopic (exact) mass is 381 g/mol. The van der Waals surface area contributed by atoms with Gasteiger partial charge in [0.15, 0.2) is 17.4 Å². The highest BCUT2D eigenvalue weighted by Crippen LogP contribution is 2.25. The van der Waals surface area contributed by atoms with Crippen LogP contribution in [0.1, 0.15) is 22.6 Å². The number of nitrogens with zero attached hydrogens (tertiary/aromatic N) is 2. The van der Waals surface area contributed by atoms with Gasteiger partial charge in [0.05, 0.1) is 17.1 Å². The molecular formula is C19H16ClN5O2. The fraction of sp³-hybridized carbons (Fsp3) is 0.211. The van der Waals surface area contributed by atoms with E-state index in [4.69, 9.17) is 16.3 Å². The van der Waals surface area contributed by atoms with Gasteiger partial charge in [0.25, 0.3) is 5.91 Å². The van der Waals surface area contributed by atoms with Gasteiger partial charge in [0.2, 0.25) is 0 Å². The number of para-hydroxylation sites is 1.